The molecule has 4 aliphatic rings. The van der Waals surface area contributed by atoms with Crippen LogP contribution in [-0.2, 0) is 19.3 Å². The number of aliphatic imine (C=N–C) groups is 1. The van der Waals surface area contributed by atoms with E-state index in [4.69, 9.17) is 25.7 Å². The molecule has 0 bridgehead atoms. The van der Waals surface area contributed by atoms with Crippen LogP contribution in [0.15, 0.2) is 41.4 Å². The summed E-state index contributed by atoms with van der Waals surface area (Å²) in [7, 11) is 1.70. The van der Waals surface area contributed by atoms with Gasteiger partial charge in [-0.3, -0.25) is 4.99 Å². The van der Waals surface area contributed by atoms with Gasteiger partial charge in [-0.2, -0.15) is 0 Å². The van der Waals surface area contributed by atoms with Crippen LogP contribution in [0.3, 0.4) is 0 Å². The number of nitrogens with two attached hydrogens (primary N) is 2. The molecule has 0 amide bonds. The van der Waals surface area contributed by atoms with Crippen LogP contribution < -0.4 is 25.7 Å². The molecule has 0 saturated heterocycles. The second kappa shape index (κ2) is 17.4. The molecule has 10 nitrogen and oxygen atoms in total. The monoisotopic (exact) mass is 783 g/mol. The molecule has 2 saturated carbocycles. The summed E-state index contributed by atoms with van der Waals surface area (Å²) in [6.07, 6.45) is 11.4. The summed E-state index contributed by atoms with van der Waals surface area (Å²) in [5, 5.41) is 45.0. The van der Waals surface area contributed by atoms with Crippen LogP contribution in [0.5, 0.6) is 28.7 Å². The smallest absolute Gasteiger partial charge is 0.185 e. The lowest BCUT2D eigenvalue weighted by Crippen LogP contribution is -2.48. The molecule has 3 aromatic rings. The van der Waals surface area contributed by atoms with E-state index >= 15 is 0 Å². The highest BCUT2D eigenvalue weighted by Crippen LogP contribution is 2.57. The van der Waals surface area contributed by atoms with Gasteiger partial charge < -0.3 is 46.1 Å². The van der Waals surface area contributed by atoms with Crippen molar-refractivity contribution in [2.24, 2.45) is 39.6 Å². The van der Waals surface area contributed by atoms with E-state index < -0.39 is 12.2 Å². The van der Waals surface area contributed by atoms with Gasteiger partial charge in [-0.05, 0) is 127 Å². The molecule has 2 fully saturated rings. The Hall–Kier alpha value is -4.15. The molecule has 6 atom stereocenters. The SMILES string of the molecule is CCCCCC1Cc2cc(O)c(CC(C)C)cc2-c2c(OC)cc3c(c21)CC(O)C(c1ccc(O)c(OC2CCC4(CCCC4)C(CO)C2CCN=C(N)N)c1)O3. The summed E-state index contributed by atoms with van der Waals surface area (Å²) in [6, 6.07) is 11.3. The number of nitrogens with zero attached hydrogens (tertiary/aromatic N) is 1. The molecule has 8 N–H and O–H groups in total. The number of hydrogen-bond donors (Lipinski definition) is 6. The number of benzene rings is 3. The molecule has 1 aliphatic heterocycles. The van der Waals surface area contributed by atoms with E-state index in [2.05, 4.69) is 31.8 Å². The fraction of sp³-hybridized carbons (Fsp3) is 0.596. The summed E-state index contributed by atoms with van der Waals surface area (Å²) in [5.41, 5.74) is 18.5. The predicted molar refractivity (Wildman–Crippen MR) is 224 cm³/mol. The molecule has 310 valence electrons. The van der Waals surface area contributed by atoms with Crippen molar-refractivity contribution in [3.05, 3.63) is 64.2 Å². The Morgan fingerprint density at radius 2 is 1.77 bits per heavy atom. The highest BCUT2D eigenvalue weighted by molar-refractivity contribution is 5.83. The van der Waals surface area contributed by atoms with Gasteiger partial charge in [0.1, 0.15) is 29.5 Å². The Balaban J connectivity index is 1.22. The molecule has 0 aromatic heterocycles. The Morgan fingerprint density at radius 1 is 0.982 bits per heavy atom. The molecule has 6 unspecified atom stereocenters. The maximum absolute atomic E-state index is 12.0. The molecule has 1 heterocycles. The minimum atomic E-state index is -0.857. The van der Waals surface area contributed by atoms with Gasteiger partial charge in [0.2, 0.25) is 0 Å². The zero-order chi connectivity index (χ0) is 40.4. The number of guanidine groups is 1. The molecule has 7 rings (SSSR count). The number of aliphatic hydroxyl groups is 2. The second-order valence-electron chi connectivity index (χ2n) is 17.8. The number of aromatic hydroxyl groups is 2. The lowest BCUT2D eigenvalue weighted by atomic mass is 9.59. The van der Waals surface area contributed by atoms with Crippen LogP contribution in [0.2, 0.25) is 0 Å². The molecule has 3 aromatic carbocycles. The van der Waals surface area contributed by atoms with Gasteiger partial charge in [0, 0.05) is 42.7 Å². The summed E-state index contributed by atoms with van der Waals surface area (Å²) >= 11 is 0. The van der Waals surface area contributed by atoms with Crippen LogP contribution in [0.25, 0.3) is 11.1 Å². The molecule has 1 spiro atoms. The maximum Gasteiger partial charge on any atom is 0.185 e. The van der Waals surface area contributed by atoms with Gasteiger partial charge in [-0.15, -0.1) is 0 Å². The van der Waals surface area contributed by atoms with E-state index in [-0.39, 0.29) is 47.6 Å². The molecule has 0 radical (unpaired) electrons. The Labute approximate surface area is 338 Å². The quantitative estimate of drug-likeness (QED) is 0.0535. The lowest BCUT2D eigenvalue weighted by molar-refractivity contribution is -0.0610. The van der Waals surface area contributed by atoms with E-state index in [1.54, 1.807) is 25.3 Å². The van der Waals surface area contributed by atoms with Crippen LogP contribution in [0.4, 0.5) is 0 Å². The number of phenols is 2. The Bertz CT molecular complexity index is 1920. The fourth-order valence-electron chi connectivity index (χ4n) is 11.1. The number of fused-ring (bicyclic) bond motifs is 5. The predicted octanol–water partition coefficient (Wildman–Crippen LogP) is 8.22. The van der Waals surface area contributed by atoms with Crippen LogP contribution in [-0.4, -0.2) is 58.9 Å². The number of phenolic OH excluding ortho intramolecular Hbond substituents is 2. The number of ether oxygens (including phenoxy) is 3. The average molecular weight is 784 g/mol. The summed E-state index contributed by atoms with van der Waals surface area (Å²) in [6.45, 7) is 7.04. The molecular formula is C47H65N3O7. The van der Waals surface area contributed by atoms with E-state index in [0.29, 0.717) is 48.1 Å². The van der Waals surface area contributed by atoms with Crippen molar-refractivity contribution < 1.29 is 34.6 Å². The van der Waals surface area contributed by atoms with Crippen molar-refractivity contribution in [2.75, 3.05) is 20.3 Å². The minimum Gasteiger partial charge on any atom is -0.508 e. The Morgan fingerprint density at radius 3 is 2.47 bits per heavy atom. The van der Waals surface area contributed by atoms with Gasteiger partial charge in [-0.1, -0.05) is 58.9 Å². The lowest BCUT2D eigenvalue weighted by Gasteiger charge is -2.49. The first kappa shape index (κ1) is 41.0. The van der Waals surface area contributed by atoms with Crippen LogP contribution >= 0.6 is 0 Å². The molecular weight excluding hydrogens is 719 g/mol. The third kappa shape index (κ3) is 8.27. The fourth-order valence-corrected chi connectivity index (χ4v) is 11.1. The van der Waals surface area contributed by atoms with E-state index in [1.807, 2.05) is 12.1 Å². The average Bonchev–Trinajstić information content (AvgIpc) is 3.65. The third-order valence-corrected chi connectivity index (χ3v) is 13.7. The van der Waals surface area contributed by atoms with Gasteiger partial charge in [0.25, 0.3) is 0 Å². The third-order valence-electron chi connectivity index (χ3n) is 13.7. The molecule has 10 heteroatoms. The van der Waals surface area contributed by atoms with Crippen molar-refractivity contribution in [3.8, 4) is 39.9 Å². The molecule has 57 heavy (non-hydrogen) atoms. The standard InChI is InChI=1S/C47H65N3O7/c1-5-6-7-10-28-20-30-22-37(53)31(19-27(2)3)21-33(30)44-42(55-4)25-40-34(43(28)44)24-38(54)45(57-40)29-11-12-36(52)41(23-29)56-39-13-17-47(15-8-9-16-47)35(26-51)32(39)14-18-50-46(48)49/h11-12,21-23,25,27-28,32,35,38-39,45,51-54H,5-10,13-20,24,26H2,1-4H3,(H4,48,49,50). The highest BCUT2D eigenvalue weighted by Gasteiger charge is 2.50. The van der Waals surface area contributed by atoms with E-state index in [1.165, 1.54) is 18.4 Å². The maximum atomic E-state index is 12.0. The number of unbranched alkanes of at least 4 members (excludes halogenated alkanes) is 2. The summed E-state index contributed by atoms with van der Waals surface area (Å²) in [5.74, 6) is 2.77. The van der Waals surface area contributed by atoms with Crippen molar-refractivity contribution in [3.63, 3.8) is 0 Å². The van der Waals surface area contributed by atoms with Crippen LogP contribution in [0, 0.1) is 23.2 Å². The van der Waals surface area contributed by atoms with E-state index in [9.17, 15) is 20.4 Å². The highest BCUT2D eigenvalue weighted by atomic mass is 16.5. The zero-order valence-electron chi connectivity index (χ0n) is 34.4. The zero-order valence-corrected chi connectivity index (χ0v) is 34.4. The van der Waals surface area contributed by atoms with Crippen molar-refractivity contribution in [1.29, 1.82) is 0 Å². The number of rotatable bonds is 14. The Kier molecular flexibility index (Phi) is 12.5. The normalized spacial score (nSPS) is 24.7. The van der Waals surface area contributed by atoms with Gasteiger partial charge in [0.15, 0.2) is 17.5 Å². The van der Waals surface area contributed by atoms with Crippen LogP contribution in [0.1, 0.15) is 131 Å². The van der Waals surface area contributed by atoms with Gasteiger partial charge >= 0.3 is 0 Å². The first-order chi connectivity index (χ1) is 27.5. The van der Waals surface area contributed by atoms with Crippen molar-refractivity contribution >= 4 is 5.96 Å². The molecule has 3 aliphatic carbocycles. The summed E-state index contributed by atoms with van der Waals surface area (Å²) < 4.78 is 19.7. The van der Waals surface area contributed by atoms with Crippen molar-refractivity contribution in [1.82, 2.24) is 0 Å². The number of aliphatic hydroxyl groups excluding tert-OH is 2. The largest absolute Gasteiger partial charge is 0.508 e. The van der Waals surface area contributed by atoms with E-state index in [0.717, 1.165) is 97.8 Å². The minimum absolute atomic E-state index is 0.00383. The van der Waals surface area contributed by atoms with Crippen molar-refractivity contribution in [2.45, 2.75) is 135 Å². The summed E-state index contributed by atoms with van der Waals surface area (Å²) in [4.78, 5) is 4.28. The first-order valence-corrected chi connectivity index (χ1v) is 21.6. The van der Waals surface area contributed by atoms with Gasteiger partial charge in [0.05, 0.1) is 13.2 Å². The van der Waals surface area contributed by atoms with Gasteiger partial charge in [-0.25, -0.2) is 0 Å². The topological polar surface area (TPSA) is 173 Å². The number of hydrogen-bond acceptors (Lipinski definition) is 8. The second-order valence-corrected chi connectivity index (χ2v) is 17.8. The number of methoxy groups -OCH3 is 1. The first-order valence-electron chi connectivity index (χ1n) is 21.6.